The molecule has 6 nitrogen and oxygen atoms in total. The largest absolute Gasteiger partial charge is 0.461 e. The van der Waals surface area contributed by atoms with E-state index in [4.69, 9.17) is 4.74 Å². The van der Waals surface area contributed by atoms with Gasteiger partial charge in [-0.3, -0.25) is 9.59 Å². The van der Waals surface area contributed by atoms with Crippen molar-refractivity contribution in [1.82, 2.24) is 5.32 Å². The predicted octanol–water partition coefficient (Wildman–Crippen LogP) is 16.1. The Hall–Kier alpha value is -3.22. The van der Waals surface area contributed by atoms with Crippen LogP contribution < -0.4 is 5.32 Å². The van der Waals surface area contributed by atoms with Crippen LogP contribution in [0.3, 0.4) is 0 Å². The van der Waals surface area contributed by atoms with Crippen LogP contribution in [0.2, 0.25) is 0 Å². The van der Waals surface area contributed by atoms with Gasteiger partial charge in [0.05, 0.1) is 25.2 Å². The molecule has 0 saturated heterocycles. The highest BCUT2D eigenvalue weighted by atomic mass is 16.5. The minimum Gasteiger partial charge on any atom is -0.461 e. The van der Waals surface area contributed by atoms with E-state index in [2.05, 4.69) is 68.6 Å². The Kier molecular flexibility index (Phi) is 48.2. The normalized spacial score (nSPS) is 14.0. The van der Waals surface area contributed by atoms with Gasteiger partial charge in [0.25, 0.3) is 0 Å². The van der Waals surface area contributed by atoms with Gasteiger partial charge in [0.15, 0.2) is 0 Å². The van der Waals surface area contributed by atoms with Crippen molar-refractivity contribution in [2.45, 2.75) is 251 Å². The van der Waals surface area contributed by atoms with Crippen molar-refractivity contribution < 1.29 is 24.5 Å². The van der Waals surface area contributed by atoms with E-state index >= 15 is 0 Å². The molecule has 0 rings (SSSR count). The van der Waals surface area contributed by atoms with Gasteiger partial charge >= 0.3 is 5.97 Å². The Morgan fingerprint density at radius 3 is 1.33 bits per heavy atom. The van der Waals surface area contributed by atoms with E-state index in [1.807, 2.05) is 54.7 Å². The highest BCUT2D eigenvalue weighted by Crippen LogP contribution is 2.16. The van der Waals surface area contributed by atoms with Crippen LogP contribution in [0.1, 0.15) is 233 Å². The fourth-order valence-electron chi connectivity index (χ4n) is 7.57. The number of hydrogen-bond acceptors (Lipinski definition) is 5. The van der Waals surface area contributed by atoms with Gasteiger partial charge in [0.1, 0.15) is 6.10 Å². The summed E-state index contributed by atoms with van der Waals surface area (Å²) in [4.78, 5) is 26.1. The van der Waals surface area contributed by atoms with Crippen molar-refractivity contribution in [1.29, 1.82) is 0 Å². The topological polar surface area (TPSA) is 95.9 Å². The minimum absolute atomic E-state index is 0.0316. The first-order chi connectivity index (χ1) is 31.5. The summed E-state index contributed by atoms with van der Waals surface area (Å²) < 4.78 is 5.84. The Labute approximate surface area is 395 Å². The summed E-state index contributed by atoms with van der Waals surface area (Å²) >= 11 is 0. The highest BCUT2D eigenvalue weighted by Gasteiger charge is 2.23. The molecule has 0 fully saturated rings. The van der Waals surface area contributed by atoms with Gasteiger partial charge < -0.3 is 20.3 Å². The Morgan fingerprint density at radius 2 is 0.875 bits per heavy atom. The number of nitrogens with one attached hydrogen (secondary N) is 1. The zero-order chi connectivity index (χ0) is 46.7. The number of carbonyl (C=O) groups is 2. The van der Waals surface area contributed by atoms with Gasteiger partial charge in [-0.25, -0.2) is 0 Å². The SMILES string of the molecule is CC/C=C/C=C/C=C\C=C/C=C/CC(CC(=O)NC(CO)C(O)CCCCCCCCCCCCCCCCCC)OC(=O)CCCCCCC/C=C/C=C/C=C/CCCCCCC. The second-order valence-electron chi connectivity index (χ2n) is 17.7. The number of ether oxygens (including phenoxy) is 1. The predicted molar refractivity (Wildman–Crippen MR) is 277 cm³/mol. The molecule has 0 aliphatic carbocycles. The van der Waals surface area contributed by atoms with Gasteiger partial charge in [0.2, 0.25) is 5.91 Å². The van der Waals surface area contributed by atoms with E-state index in [-0.39, 0.29) is 24.9 Å². The van der Waals surface area contributed by atoms with Gasteiger partial charge in [0, 0.05) is 12.8 Å². The summed E-state index contributed by atoms with van der Waals surface area (Å²) in [6, 6.07) is -0.749. The Bertz CT molecular complexity index is 1270. The van der Waals surface area contributed by atoms with E-state index in [0.717, 1.165) is 70.6 Å². The zero-order valence-electron chi connectivity index (χ0n) is 41.6. The zero-order valence-corrected chi connectivity index (χ0v) is 41.6. The number of aliphatic hydroxyl groups excluding tert-OH is 2. The summed E-state index contributed by atoms with van der Waals surface area (Å²) in [5.74, 6) is -0.635. The lowest BCUT2D eigenvalue weighted by Crippen LogP contribution is -2.46. The number of amides is 1. The molecule has 0 aliphatic rings. The van der Waals surface area contributed by atoms with Gasteiger partial charge in [-0.2, -0.15) is 0 Å². The second kappa shape index (κ2) is 50.8. The van der Waals surface area contributed by atoms with Crippen LogP contribution in [0.25, 0.3) is 0 Å². The molecule has 0 radical (unpaired) electrons. The fourth-order valence-corrected chi connectivity index (χ4v) is 7.57. The van der Waals surface area contributed by atoms with Crippen LogP contribution in [0.4, 0.5) is 0 Å². The molecule has 0 aromatic carbocycles. The van der Waals surface area contributed by atoms with Crippen molar-refractivity contribution in [3.8, 4) is 0 Å². The Morgan fingerprint density at radius 1 is 0.484 bits per heavy atom. The number of rotatable bonds is 46. The van der Waals surface area contributed by atoms with Gasteiger partial charge in [-0.15, -0.1) is 0 Å². The van der Waals surface area contributed by atoms with Crippen molar-refractivity contribution in [2.75, 3.05) is 6.61 Å². The molecule has 3 N–H and O–H groups in total. The number of allylic oxidation sites excluding steroid dienone is 15. The first kappa shape index (κ1) is 60.8. The van der Waals surface area contributed by atoms with Crippen molar-refractivity contribution in [3.63, 3.8) is 0 Å². The first-order valence-corrected chi connectivity index (χ1v) is 26.6. The molecular formula is C58H99NO5. The van der Waals surface area contributed by atoms with Crippen molar-refractivity contribution in [2.24, 2.45) is 0 Å². The molecule has 64 heavy (non-hydrogen) atoms. The molecule has 0 spiro atoms. The molecule has 366 valence electrons. The maximum Gasteiger partial charge on any atom is 0.306 e. The molecule has 0 heterocycles. The third kappa shape index (κ3) is 45.4. The number of esters is 1. The van der Waals surface area contributed by atoms with E-state index in [0.29, 0.717) is 19.3 Å². The quantitative estimate of drug-likeness (QED) is 0.0321. The van der Waals surface area contributed by atoms with Crippen molar-refractivity contribution in [3.05, 3.63) is 97.2 Å². The highest BCUT2D eigenvalue weighted by molar-refractivity contribution is 5.77. The summed E-state index contributed by atoms with van der Waals surface area (Å²) in [7, 11) is 0. The lowest BCUT2D eigenvalue weighted by molar-refractivity contribution is -0.150. The first-order valence-electron chi connectivity index (χ1n) is 26.6. The summed E-state index contributed by atoms with van der Waals surface area (Å²) in [5.41, 5.74) is 0. The smallest absolute Gasteiger partial charge is 0.306 e. The average Bonchev–Trinajstić information content (AvgIpc) is 3.29. The maximum atomic E-state index is 13.2. The van der Waals surface area contributed by atoms with Gasteiger partial charge in [-0.1, -0.05) is 266 Å². The molecule has 0 saturated carbocycles. The van der Waals surface area contributed by atoms with E-state index in [1.54, 1.807) is 0 Å². The average molecular weight is 890 g/mol. The van der Waals surface area contributed by atoms with E-state index < -0.39 is 18.2 Å². The maximum absolute atomic E-state index is 13.2. The number of carbonyl (C=O) groups excluding carboxylic acids is 2. The minimum atomic E-state index is -0.827. The molecular weight excluding hydrogens is 791 g/mol. The third-order valence-corrected chi connectivity index (χ3v) is 11.6. The number of hydrogen-bond donors (Lipinski definition) is 3. The van der Waals surface area contributed by atoms with Crippen LogP contribution in [0.5, 0.6) is 0 Å². The molecule has 1 amide bonds. The number of aliphatic hydroxyl groups is 2. The molecule has 0 aromatic rings. The van der Waals surface area contributed by atoms with Gasteiger partial charge in [-0.05, 0) is 44.9 Å². The van der Waals surface area contributed by atoms with E-state index in [9.17, 15) is 19.8 Å². The molecule has 3 unspecified atom stereocenters. The van der Waals surface area contributed by atoms with Crippen LogP contribution in [0, 0.1) is 0 Å². The van der Waals surface area contributed by atoms with E-state index in [1.165, 1.54) is 116 Å². The molecule has 0 bridgehead atoms. The Balaban J connectivity index is 4.64. The van der Waals surface area contributed by atoms with Crippen LogP contribution in [-0.4, -0.2) is 46.9 Å². The molecule has 3 atom stereocenters. The van der Waals surface area contributed by atoms with Crippen LogP contribution in [0.15, 0.2) is 97.2 Å². The standard InChI is InChI=1S/C58H99NO5/c1-4-7-10-13-16-19-22-24-26-28-29-31-33-36-39-42-45-48-51-58(63)64-54(49-46-43-40-37-34-21-18-15-12-9-6-3)52-57(62)59-55(53-60)56(61)50-47-44-41-38-35-32-30-27-25-23-20-17-14-11-8-5-2/h9,12,15,18,21-22,24,26,28-29,31,34,37,40,43,46,54-56,60-61H,4-8,10-11,13-14,16-17,19-20,23,25,27,30,32-33,35-36,38-39,41-42,44-45,47-53H2,1-3H3,(H,59,62)/b12-9+,18-15+,24-22+,28-26+,31-29+,34-21-,40-37-,46-43+. The second-order valence-corrected chi connectivity index (χ2v) is 17.7. The third-order valence-electron chi connectivity index (χ3n) is 11.6. The molecule has 0 aliphatic heterocycles. The van der Waals surface area contributed by atoms with Crippen molar-refractivity contribution >= 4 is 11.9 Å². The fraction of sp³-hybridized carbons (Fsp3) is 0.690. The number of unbranched alkanes of at least 4 members (excludes halogenated alkanes) is 25. The summed E-state index contributed by atoms with van der Waals surface area (Å²) in [6.07, 6.45) is 67.8. The van der Waals surface area contributed by atoms with Crippen LogP contribution in [-0.2, 0) is 14.3 Å². The molecule has 0 aromatic heterocycles. The summed E-state index contributed by atoms with van der Waals surface area (Å²) in [5, 5.41) is 23.7. The lowest BCUT2D eigenvalue weighted by atomic mass is 10.0. The molecule has 6 heteroatoms. The lowest BCUT2D eigenvalue weighted by Gasteiger charge is -2.24. The summed E-state index contributed by atoms with van der Waals surface area (Å²) in [6.45, 7) is 6.28. The monoisotopic (exact) mass is 890 g/mol. The van der Waals surface area contributed by atoms with Crippen LogP contribution >= 0.6 is 0 Å².